The van der Waals surface area contributed by atoms with E-state index in [1.165, 1.54) is 14.0 Å². The molecule has 0 saturated heterocycles. The zero-order valence-corrected chi connectivity index (χ0v) is 31.5. The summed E-state index contributed by atoms with van der Waals surface area (Å²) in [5, 5.41) is 17.7. The molecule has 1 aliphatic carbocycles. The molecule has 1 unspecified atom stereocenters. The van der Waals surface area contributed by atoms with Gasteiger partial charge in [-0.05, 0) is 78.8 Å². The number of imidazole rings is 2. The number of fused-ring (bicyclic) bond motifs is 2. The Kier molecular flexibility index (Phi) is 11.1. The second-order valence-corrected chi connectivity index (χ2v) is 14.0. The third-order valence-corrected chi connectivity index (χ3v) is 10.3. The van der Waals surface area contributed by atoms with Crippen LogP contribution in [0.5, 0.6) is 0 Å². The number of benzene rings is 4. The third-order valence-electron chi connectivity index (χ3n) is 10.3. The summed E-state index contributed by atoms with van der Waals surface area (Å²) in [4.78, 5) is 41.3. The molecule has 0 radical (unpaired) electrons. The largest absolute Gasteiger partial charge is 0.425 e. The van der Waals surface area contributed by atoms with Crippen molar-refractivity contribution >= 4 is 34.0 Å². The first-order valence-electron chi connectivity index (χ1n) is 18.4. The summed E-state index contributed by atoms with van der Waals surface area (Å²) < 4.78 is 20.8. The van der Waals surface area contributed by atoms with Crippen LogP contribution in [0.25, 0.3) is 44.6 Å². The van der Waals surface area contributed by atoms with Crippen molar-refractivity contribution < 1.29 is 39.1 Å². The molecule has 4 aromatic carbocycles. The zero-order chi connectivity index (χ0) is 38.8. The fraction of sp³-hybridized carbons (Fsp3) is 0.333. The summed E-state index contributed by atoms with van der Waals surface area (Å²) in [6.45, 7) is 6.35. The molecule has 55 heavy (non-hydrogen) atoms. The quantitative estimate of drug-likeness (QED) is 0.0690. The molecule has 7 rings (SSSR count). The van der Waals surface area contributed by atoms with Crippen molar-refractivity contribution in [3.8, 4) is 22.5 Å². The Hall–Kier alpha value is -5.44. The van der Waals surface area contributed by atoms with Gasteiger partial charge in [0.05, 0.1) is 45.0 Å². The van der Waals surface area contributed by atoms with Crippen molar-refractivity contribution in [2.75, 3.05) is 7.11 Å². The predicted molar refractivity (Wildman–Crippen MR) is 204 cm³/mol. The topological polar surface area (TPSA) is 150 Å². The van der Waals surface area contributed by atoms with Crippen LogP contribution < -0.4 is 0 Å². The third kappa shape index (κ3) is 7.88. The molecule has 1 aliphatic rings. The molecule has 2 N–H and O–H groups in total. The molecule has 0 amide bonds. The van der Waals surface area contributed by atoms with E-state index in [0.717, 1.165) is 68.8 Å². The molecule has 13 heteroatoms. The number of nitrogens with zero attached hydrogens (tertiary/aromatic N) is 5. The number of esters is 2. The van der Waals surface area contributed by atoms with Gasteiger partial charge in [-0.25, -0.2) is 19.6 Å². The highest BCUT2D eigenvalue weighted by Gasteiger charge is 2.41. The minimum absolute atomic E-state index is 0.134. The molecule has 286 valence electrons. The van der Waals surface area contributed by atoms with Crippen molar-refractivity contribution in [1.29, 1.82) is 0 Å². The number of carbonyl (C=O) groups excluding carboxylic acids is 2. The van der Waals surface area contributed by atoms with Crippen molar-refractivity contribution in [2.45, 2.75) is 71.5 Å². The lowest BCUT2D eigenvalue weighted by atomic mass is 9.98. The van der Waals surface area contributed by atoms with Crippen LogP contribution in [-0.2, 0) is 43.9 Å². The molecule has 2 heterocycles. The van der Waals surface area contributed by atoms with Crippen LogP contribution in [-0.4, -0.2) is 72.5 Å². The van der Waals surface area contributed by atoms with Gasteiger partial charge in [0.1, 0.15) is 17.8 Å². The highest BCUT2D eigenvalue weighted by molar-refractivity contribution is 5.97. The van der Waals surface area contributed by atoms with Crippen molar-refractivity contribution in [2.24, 2.45) is 13.0 Å². The first-order valence-corrected chi connectivity index (χ1v) is 18.4. The number of para-hydroxylation sites is 2. The maximum atomic E-state index is 13.4. The van der Waals surface area contributed by atoms with E-state index < -0.39 is 41.7 Å². The predicted octanol–water partition coefficient (Wildman–Crippen LogP) is 7.42. The Morgan fingerprint density at radius 3 is 2.36 bits per heavy atom. The Morgan fingerprint density at radius 2 is 1.64 bits per heavy atom. The second kappa shape index (κ2) is 16.1. The van der Waals surface area contributed by atoms with Crippen LogP contribution in [0.4, 0.5) is 0 Å². The molecule has 13 nitrogen and oxygen atoms in total. The van der Waals surface area contributed by atoms with Gasteiger partial charge in [0.25, 0.3) is 0 Å². The second-order valence-electron chi connectivity index (χ2n) is 14.0. The number of rotatable bonds is 13. The maximum absolute atomic E-state index is 13.4. The SMILES string of the molecule is CCCc1nc2c(C)cc(-c3nc4ccccc4n3C)cc2n1Cc1ccc(-c2ccccc2C(=O)OC(C)OC(=O)[C@@H]2C[C@H](OC)[C@@H](ON(O)O)C2)cc1. The van der Waals surface area contributed by atoms with Gasteiger partial charge in [0, 0.05) is 39.6 Å². The van der Waals surface area contributed by atoms with E-state index in [1.54, 1.807) is 12.1 Å². The molecule has 2 aromatic heterocycles. The van der Waals surface area contributed by atoms with Gasteiger partial charge in [-0.2, -0.15) is 0 Å². The van der Waals surface area contributed by atoms with Crippen LogP contribution in [0.1, 0.15) is 60.4 Å². The molecule has 0 spiro atoms. The highest BCUT2D eigenvalue weighted by atomic mass is 17.1. The standard InChI is InChI=1S/C42H45N5O8/c1-6-11-38-44-39-25(2)20-29(40-43-33-14-9-10-15-34(33)45(40)4)21-35(39)46(38)24-27-16-18-28(19-17-27)31-12-7-8-13-32(31)42(49)54-26(3)53-41(48)30-22-36(52-5)37(23-30)55-47(50)51/h7-10,12-21,26,30,36-37,50-51H,6,11,22-24H2,1-5H3/t26?,30-,36+,37+/m1/s1. The minimum Gasteiger partial charge on any atom is -0.425 e. The molecule has 0 bridgehead atoms. The average molecular weight is 748 g/mol. The lowest BCUT2D eigenvalue weighted by molar-refractivity contribution is -0.507. The number of ether oxygens (including phenoxy) is 3. The van der Waals surface area contributed by atoms with Crippen molar-refractivity contribution in [3.63, 3.8) is 0 Å². The van der Waals surface area contributed by atoms with Crippen LogP contribution >= 0.6 is 0 Å². The molecule has 1 saturated carbocycles. The van der Waals surface area contributed by atoms with Crippen LogP contribution in [0, 0.1) is 12.8 Å². The van der Waals surface area contributed by atoms with E-state index in [2.05, 4.69) is 53.3 Å². The fourth-order valence-electron chi connectivity index (χ4n) is 7.58. The van der Waals surface area contributed by atoms with Crippen molar-refractivity contribution in [1.82, 2.24) is 24.5 Å². The van der Waals surface area contributed by atoms with Gasteiger partial charge in [0.15, 0.2) is 0 Å². The Balaban J connectivity index is 1.08. The van der Waals surface area contributed by atoms with Gasteiger partial charge >= 0.3 is 11.9 Å². The molecule has 0 aliphatic heterocycles. The fourth-order valence-corrected chi connectivity index (χ4v) is 7.58. The summed E-state index contributed by atoms with van der Waals surface area (Å²) >= 11 is 0. The van der Waals surface area contributed by atoms with E-state index >= 15 is 0 Å². The minimum atomic E-state index is -1.17. The van der Waals surface area contributed by atoms with Gasteiger partial charge < -0.3 is 23.3 Å². The summed E-state index contributed by atoms with van der Waals surface area (Å²) in [6.07, 6.45) is -0.312. The number of aryl methyl sites for hydroxylation is 3. The molecular weight excluding hydrogens is 702 g/mol. The summed E-state index contributed by atoms with van der Waals surface area (Å²) in [6, 6.07) is 27.7. The Bertz CT molecular complexity index is 2330. The molecule has 1 fully saturated rings. The lowest BCUT2D eigenvalue weighted by Crippen LogP contribution is -2.31. The maximum Gasteiger partial charge on any atom is 0.341 e. The lowest BCUT2D eigenvalue weighted by Gasteiger charge is -2.18. The Morgan fingerprint density at radius 1 is 0.909 bits per heavy atom. The molecule has 6 aromatic rings. The normalized spacial score (nSPS) is 17.6. The van der Waals surface area contributed by atoms with E-state index in [4.69, 9.17) is 39.4 Å². The Labute approximate surface area is 318 Å². The summed E-state index contributed by atoms with van der Waals surface area (Å²) in [5.41, 5.74) is 9.11. The highest BCUT2D eigenvalue weighted by Crippen LogP contribution is 2.33. The monoisotopic (exact) mass is 747 g/mol. The first kappa shape index (κ1) is 37.9. The smallest absolute Gasteiger partial charge is 0.341 e. The number of aromatic nitrogens is 4. The zero-order valence-electron chi connectivity index (χ0n) is 31.5. The van der Waals surface area contributed by atoms with E-state index in [0.29, 0.717) is 17.7 Å². The van der Waals surface area contributed by atoms with E-state index in [1.807, 2.05) is 49.5 Å². The van der Waals surface area contributed by atoms with E-state index in [9.17, 15) is 9.59 Å². The van der Waals surface area contributed by atoms with Crippen molar-refractivity contribution in [3.05, 3.63) is 107 Å². The number of hydrogen-bond donors (Lipinski definition) is 2. The molecule has 4 atom stereocenters. The molecular formula is C42H45N5O8. The number of methoxy groups -OCH3 is 1. The van der Waals surface area contributed by atoms with E-state index in [-0.39, 0.29) is 12.8 Å². The summed E-state index contributed by atoms with van der Waals surface area (Å²) in [7, 11) is 3.49. The average Bonchev–Trinajstić information content (AvgIpc) is 3.85. The number of hydrogen-bond acceptors (Lipinski definition) is 11. The van der Waals surface area contributed by atoms with Gasteiger partial charge in [0.2, 0.25) is 6.29 Å². The van der Waals surface area contributed by atoms with Gasteiger partial charge in [-0.3, -0.25) is 15.2 Å². The van der Waals surface area contributed by atoms with Crippen LogP contribution in [0.2, 0.25) is 0 Å². The van der Waals surface area contributed by atoms with Crippen LogP contribution in [0.3, 0.4) is 0 Å². The van der Waals surface area contributed by atoms with Crippen LogP contribution in [0.15, 0.2) is 84.9 Å². The number of carbonyl (C=O) groups is 2. The van der Waals surface area contributed by atoms with Gasteiger partial charge in [-0.1, -0.05) is 61.5 Å². The van der Waals surface area contributed by atoms with Gasteiger partial charge in [-0.15, -0.1) is 0 Å². The summed E-state index contributed by atoms with van der Waals surface area (Å²) in [5.74, 6) is 0.0362. The first-order chi connectivity index (χ1) is 26.5.